The lowest BCUT2D eigenvalue weighted by molar-refractivity contribution is 0.0480. The van der Waals surface area contributed by atoms with Crippen molar-refractivity contribution in [3.8, 4) is 0 Å². The van der Waals surface area contributed by atoms with Crippen LogP contribution in [0.3, 0.4) is 0 Å². The molecule has 1 heterocycles. The second-order valence-corrected chi connectivity index (χ2v) is 4.13. The topological polar surface area (TPSA) is 26.3 Å². The smallest absolute Gasteiger partial charge is 0.339 e. The minimum absolute atomic E-state index is 0.321. The normalized spacial score (nSPS) is 15.1. The monoisotopic (exact) mass is 260 g/mol. The van der Waals surface area contributed by atoms with Crippen molar-refractivity contribution < 1.29 is 9.53 Å². The number of rotatable bonds is 0. The molecular weight excluding hydrogens is 255 g/mol. The van der Waals surface area contributed by atoms with Gasteiger partial charge in [-0.2, -0.15) is 0 Å². The lowest BCUT2D eigenvalue weighted by atomic mass is 10.0. The van der Waals surface area contributed by atoms with Crippen LogP contribution in [-0.2, 0) is 11.2 Å². The zero-order valence-corrected chi connectivity index (χ0v) is 8.98. The number of cyclic esters (lactones) is 1. The number of ether oxygens (including phenoxy) is 1. The van der Waals surface area contributed by atoms with Crippen LogP contribution in [0.4, 0.5) is 0 Å². The highest BCUT2D eigenvalue weighted by molar-refractivity contribution is 9.10. The quantitative estimate of drug-likeness (QED) is 0.671. The summed E-state index contributed by atoms with van der Waals surface area (Å²) >= 11 is 9.24. The first kappa shape index (κ1) is 9.03. The van der Waals surface area contributed by atoms with E-state index in [1.54, 1.807) is 6.07 Å². The van der Waals surface area contributed by atoms with Crippen molar-refractivity contribution in [1.82, 2.24) is 0 Å². The molecule has 0 saturated heterocycles. The minimum Gasteiger partial charge on any atom is -0.462 e. The van der Waals surface area contributed by atoms with Crippen LogP contribution in [0.1, 0.15) is 15.9 Å². The van der Waals surface area contributed by atoms with E-state index in [4.69, 9.17) is 16.3 Å². The largest absolute Gasteiger partial charge is 0.462 e. The van der Waals surface area contributed by atoms with Gasteiger partial charge in [0.1, 0.15) is 0 Å². The van der Waals surface area contributed by atoms with E-state index in [0.717, 1.165) is 16.5 Å². The molecule has 1 aliphatic rings. The fraction of sp³-hybridized carbons (Fsp3) is 0.222. The van der Waals surface area contributed by atoms with E-state index in [1.165, 1.54) is 0 Å². The Morgan fingerprint density at radius 2 is 2.23 bits per heavy atom. The summed E-state index contributed by atoms with van der Waals surface area (Å²) in [6, 6.07) is 3.61. The van der Waals surface area contributed by atoms with Crippen LogP contribution in [0.5, 0.6) is 0 Å². The number of benzene rings is 1. The highest BCUT2D eigenvalue weighted by Crippen LogP contribution is 2.28. The molecule has 0 spiro atoms. The predicted octanol–water partition coefficient (Wildman–Crippen LogP) is 2.82. The maximum atomic E-state index is 11.3. The van der Waals surface area contributed by atoms with Gasteiger partial charge in [0.15, 0.2) is 0 Å². The number of halogens is 2. The molecule has 1 aromatic rings. The standard InChI is InChI=1S/C9H6BrClO2/c10-6-3-5-1-2-13-9(12)8(5)7(11)4-6/h3-4H,1-2H2. The first-order valence-electron chi connectivity index (χ1n) is 3.83. The lowest BCUT2D eigenvalue weighted by Gasteiger charge is -2.16. The molecule has 0 atom stereocenters. The summed E-state index contributed by atoms with van der Waals surface area (Å²) in [5.74, 6) is -0.321. The van der Waals surface area contributed by atoms with Crippen LogP contribution < -0.4 is 0 Å². The first-order chi connectivity index (χ1) is 6.18. The number of carbonyl (C=O) groups excluding carboxylic acids is 1. The summed E-state index contributed by atoms with van der Waals surface area (Å²) in [7, 11) is 0. The van der Waals surface area contributed by atoms with Gasteiger partial charge in [0.25, 0.3) is 0 Å². The van der Waals surface area contributed by atoms with E-state index in [-0.39, 0.29) is 5.97 Å². The molecule has 0 fully saturated rings. The number of carbonyl (C=O) groups is 1. The van der Waals surface area contributed by atoms with Crippen molar-refractivity contribution in [2.24, 2.45) is 0 Å². The Balaban J connectivity index is 2.63. The highest BCUT2D eigenvalue weighted by atomic mass is 79.9. The summed E-state index contributed by atoms with van der Waals surface area (Å²) in [4.78, 5) is 11.3. The molecule has 4 heteroatoms. The number of fused-ring (bicyclic) bond motifs is 1. The second-order valence-electron chi connectivity index (χ2n) is 2.81. The van der Waals surface area contributed by atoms with Crippen molar-refractivity contribution in [2.45, 2.75) is 6.42 Å². The molecule has 1 aliphatic heterocycles. The van der Waals surface area contributed by atoms with Gasteiger partial charge >= 0.3 is 5.97 Å². The van der Waals surface area contributed by atoms with E-state index >= 15 is 0 Å². The van der Waals surface area contributed by atoms with Gasteiger partial charge in [-0.3, -0.25) is 0 Å². The molecular formula is C9H6BrClO2. The average molecular weight is 262 g/mol. The zero-order chi connectivity index (χ0) is 9.42. The Bertz CT molecular complexity index is 376. The first-order valence-corrected chi connectivity index (χ1v) is 5.00. The van der Waals surface area contributed by atoms with Crippen LogP contribution in [0.25, 0.3) is 0 Å². The van der Waals surface area contributed by atoms with E-state index in [9.17, 15) is 4.79 Å². The third-order valence-corrected chi connectivity index (χ3v) is 2.70. The van der Waals surface area contributed by atoms with Crippen molar-refractivity contribution in [2.75, 3.05) is 6.61 Å². The second kappa shape index (κ2) is 3.31. The van der Waals surface area contributed by atoms with Gasteiger partial charge in [-0.1, -0.05) is 27.5 Å². The van der Waals surface area contributed by atoms with Gasteiger partial charge in [0.2, 0.25) is 0 Å². The molecule has 0 unspecified atom stereocenters. The maximum absolute atomic E-state index is 11.3. The van der Waals surface area contributed by atoms with Gasteiger partial charge in [-0.15, -0.1) is 0 Å². The molecule has 2 rings (SSSR count). The third kappa shape index (κ3) is 1.58. The molecule has 0 aromatic heterocycles. The van der Waals surface area contributed by atoms with Crippen molar-refractivity contribution in [3.05, 3.63) is 32.8 Å². The lowest BCUT2D eigenvalue weighted by Crippen LogP contribution is -2.18. The Labute approximate surface area is 89.0 Å². The highest BCUT2D eigenvalue weighted by Gasteiger charge is 2.21. The minimum atomic E-state index is -0.321. The van der Waals surface area contributed by atoms with Gasteiger partial charge in [0, 0.05) is 10.9 Å². The summed E-state index contributed by atoms with van der Waals surface area (Å²) in [5, 5.41) is 0.453. The molecule has 0 saturated carbocycles. The SMILES string of the molecule is O=C1OCCc2cc(Br)cc(Cl)c21. The molecule has 0 radical (unpaired) electrons. The van der Waals surface area contributed by atoms with Crippen LogP contribution in [0.15, 0.2) is 16.6 Å². The Hall–Kier alpha value is -0.540. The molecule has 1 aromatic carbocycles. The van der Waals surface area contributed by atoms with E-state index in [1.807, 2.05) is 6.07 Å². The van der Waals surface area contributed by atoms with Crippen molar-refractivity contribution in [3.63, 3.8) is 0 Å². The van der Waals surface area contributed by atoms with Crippen LogP contribution >= 0.6 is 27.5 Å². The van der Waals surface area contributed by atoms with E-state index in [2.05, 4.69) is 15.9 Å². The third-order valence-electron chi connectivity index (χ3n) is 1.95. The van der Waals surface area contributed by atoms with Gasteiger partial charge in [-0.25, -0.2) is 4.79 Å². The van der Waals surface area contributed by atoms with Crippen LogP contribution in [0, 0.1) is 0 Å². The number of esters is 1. The molecule has 0 amide bonds. The summed E-state index contributed by atoms with van der Waals surface area (Å²) < 4.78 is 5.78. The molecule has 68 valence electrons. The maximum Gasteiger partial charge on any atom is 0.339 e. The Kier molecular flexibility index (Phi) is 2.30. The molecule has 0 N–H and O–H groups in total. The van der Waals surface area contributed by atoms with Gasteiger partial charge in [-0.05, 0) is 17.7 Å². The summed E-state index contributed by atoms with van der Waals surface area (Å²) in [6.07, 6.45) is 0.736. The van der Waals surface area contributed by atoms with Crippen LogP contribution in [-0.4, -0.2) is 12.6 Å². The fourth-order valence-corrected chi connectivity index (χ4v) is 2.33. The number of hydrogen-bond acceptors (Lipinski definition) is 2. The fourth-order valence-electron chi connectivity index (χ4n) is 1.38. The van der Waals surface area contributed by atoms with E-state index < -0.39 is 0 Å². The molecule has 0 aliphatic carbocycles. The predicted molar refractivity (Wildman–Crippen MR) is 53.1 cm³/mol. The van der Waals surface area contributed by atoms with Gasteiger partial charge < -0.3 is 4.74 Å². The zero-order valence-electron chi connectivity index (χ0n) is 6.64. The summed E-state index contributed by atoms with van der Waals surface area (Å²) in [5.41, 5.74) is 1.46. The Morgan fingerprint density at radius 3 is 3.00 bits per heavy atom. The Morgan fingerprint density at radius 1 is 1.46 bits per heavy atom. The summed E-state index contributed by atoms with van der Waals surface area (Å²) in [6.45, 7) is 0.443. The number of hydrogen-bond donors (Lipinski definition) is 0. The average Bonchev–Trinajstić information content (AvgIpc) is 2.02. The van der Waals surface area contributed by atoms with Crippen molar-refractivity contribution >= 4 is 33.5 Å². The van der Waals surface area contributed by atoms with Crippen LogP contribution in [0.2, 0.25) is 5.02 Å². The van der Waals surface area contributed by atoms with E-state index in [0.29, 0.717) is 17.2 Å². The van der Waals surface area contributed by atoms with Gasteiger partial charge in [0.05, 0.1) is 17.2 Å². The molecule has 13 heavy (non-hydrogen) atoms. The van der Waals surface area contributed by atoms with Crippen molar-refractivity contribution in [1.29, 1.82) is 0 Å². The molecule has 0 bridgehead atoms. The molecule has 2 nitrogen and oxygen atoms in total.